The number of benzene rings is 2. The minimum absolute atomic E-state index is 0.110. The van der Waals surface area contributed by atoms with Crippen molar-refractivity contribution in [2.45, 2.75) is 33.2 Å². The lowest BCUT2D eigenvalue weighted by Gasteiger charge is -2.12. The maximum Gasteiger partial charge on any atom is 0.223 e. The molecule has 0 fully saturated rings. The van der Waals surface area contributed by atoms with Crippen molar-refractivity contribution < 1.29 is 4.79 Å². The van der Waals surface area contributed by atoms with Gasteiger partial charge in [-0.15, -0.1) is 21.5 Å². The van der Waals surface area contributed by atoms with Gasteiger partial charge in [0, 0.05) is 32.2 Å². The number of hydrogen-bond donors (Lipinski definition) is 2. The molecule has 0 unspecified atom stereocenters. The fraction of sp³-hybridized carbons (Fsp3) is 0.226. The zero-order chi connectivity index (χ0) is 28.2. The Bertz CT molecular complexity index is 1730. The average molecular weight is 567 g/mol. The van der Waals surface area contributed by atoms with Gasteiger partial charge in [0.05, 0.1) is 25.2 Å². The van der Waals surface area contributed by atoms with Crippen LogP contribution < -0.4 is 11.1 Å². The fourth-order valence-corrected chi connectivity index (χ4v) is 5.80. The van der Waals surface area contributed by atoms with E-state index >= 15 is 0 Å². The first-order chi connectivity index (χ1) is 19.4. The third-order valence-corrected chi connectivity index (χ3v) is 8.01. The normalized spacial score (nSPS) is 13.5. The van der Waals surface area contributed by atoms with Crippen molar-refractivity contribution in [1.29, 1.82) is 0 Å². The smallest absolute Gasteiger partial charge is 0.223 e. The molecule has 1 aliphatic heterocycles. The maximum atomic E-state index is 13.1. The summed E-state index contributed by atoms with van der Waals surface area (Å²) in [6.45, 7) is 6.65. The molecule has 0 radical (unpaired) electrons. The summed E-state index contributed by atoms with van der Waals surface area (Å²) in [6, 6.07) is 14.7. The molecule has 7 nitrogen and oxygen atoms in total. The van der Waals surface area contributed by atoms with Gasteiger partial charge in [0.15, 0.2) is 5.82 Å². The molecular weight excluding hydrogens is 540 g/mol. The van der Waals surface area contributed by atoms with Crippen molar-refractivity contribution in [3.05, 3.63) is 97.9 Å². The molecule has 2 aromatic carbocycles. The van der Waals surface area contributed by atoms with E-state index in [0.29, 0.717) is 17.4 Å². The van der Waals surface area contributed by atoms with Gasteiger partial charge in [-0.05, 0) is 62.7 Å². The largest absolute Gasteiger partial charge is 0.345 e. The minimum Gasteiger partial charge on any atom is -0.345 e. The van der Waals surface area contributed by atoms with Crippen LogP contribution in [0.15, 0.2) is 53.5 Å². The molecule has 1 amide bonds. The summed E-state index contributed by atoms with van der Waals surface area (Å²) in [5.74, 6) is 13.1. The number of rotatable bonds is 4. The molecule has 9 heteroatoms. The van der Waals surface area contributed by atoms with Crippen LogP contribution in [0.25, 0.3) is 5.00 Å². The van der Waals surface area contributed by atoms with Crippen LogP contribution in [0.2, 0.25) is 5.02 Å². The van der Waals surface area contributed by atoms with Gasteiger partial charge in [0.2, 0.25) is 5.91 Å². The van der Waals surface area contributed by atoms with E-state index in [-0.39, 0.29) is 18.9 Å². The highest BCUT2D eigenvalue weighted by atomic mass is 35.5. The van der Waals surface area contributed by atoms with Crippen molar-refractivity contribution >= 4 is 34.6 Å². The lowest BCUT2D eigenvalue weighted by Crippen LogP contribution is -2.25. The summed E-state index contributed by atoms with van der Waals surface area (Å²) >= 11 is 7.86. The number of aryl methyl sites for hydroxylation is 2. The average Bonchev–Trinajstić information content (AvgIpc) is 3.43. The highest BCUT2D eigenvalue weighted by molar-refractivity contribution is 7.15. The zero-order valence-electron chi connectivity index (χ0n) is 22.4. The molecule has 2 aromatic heterocycles. The summed E-state index contributed by atoms with van der Waals surface area (Å²) in [5, 5.41) is 13.4. The van der Waals surface area contributed by atoms with Crippen molar-refractivity contribution in [2.75, 3.05) is 13.1 Å². The predicted molar refractivity (Wildman–Crippen MR) is 160 cm³/mol. The van der Waals surface area contributed by atoms with Gasteiger partial charge in [-0.1, -0.05) is 47.4 Å². The molecule has 0 aliphatic carbocycles. The zero-order valence-corrected chi connectivity index (χ0v) is 24.0. The van der Waals surface area contributed by atoms with Crippen LogP contribution in [0.1, 0.15) is 56.8 Å². The Labute approximate surface area is 242 Å². The van der Waals surface area contributed by atoms with Crippen LogP contribution >= 0.6 is 22.9 Å². The molecular formula is C31H27ClN6OS. The first kappa shape index (κ1) is 27.4. The number of halogens is 1. The highest BCUT2D eigenvalue weighted by Crippen LogP contribution is 2.39. The third kappa shape index (κ3) is 5.71. The van der Waals surface area contributed by atoms with Crippen LogP contribution in [0.4, 0.5) is 0 Å². The number of carbonyl (C=O) groups excluding carboxylic acids is 1. The number of fused-ring (bicyclic) bond motifs is 3. The molecule has 4 aromatic rings. The van der Waals surface area contributed by atoms with Crippen LogP contribution in [-0.2, 0) is 4.79 Å². The molecule has 1 atom stereocenters. The Balaban J connectivity index is 1.39. The topological polar surface area (TPSA) is 98.2 Å². The van der Waals surface area contributed by atoms with E-state index in [1.165, 1.54) is 4.88 Å². The Morgan fingerprint density at radius 1 is 1.02 bits per heavy atom. The Morgan fingerprint density at radius 2 is 1.70 bits per heavy atom. The Morgan fingerprint density at radius 3 is 2.38 bits per heavy atom. The first-order valence-electron chi connectivity index (χ1n) is 12.8. The van der Waals surface area contributed by atoms with E-state index in [9.17, 15) is 4.79 Å². The van der Waals surface area contributed by atoms with Gasteiger partial charge in [0.1, 0.15) is 16.9 Å². The second-order valence-corrected chi connectivity index (χ2v) is 10.9. The molecule has 3 heterocycles. The van der Waals surface area contributed by atoms with Crippen LogP contribution in [0.5, 0.6) is 0 Å². The third-order valence-electron chi connectivity index (χ3n) is 6.56. The second kappa shape index (κ2) is 11.9. The van der Waals surface area contributed by atoms with Crippen LogP contribution in [0.3, 0.4) is 0 Å². The molecule has 40 heavy (non-hydrogen) atoms. The van der Waals surface area contributed by atoms with E-state index in [1.807, 2.05) is 60.0 Å². The molecule has 5 rings (SSSR count). The summed E-state index contributed by atoms with van der Waals surface area (Å²) in [6.07, 6.45) is 0.110. The standard InChI is InChI=1S/C31H27ClN6OS/c1-19-20(2)40-31-28(19)29(24-12-14-25(32)15-13-24)35-26(30-37-36-21(3)38(30)31)18-27(39)34-17-5-7-23-10-8-22(9-11-23)6-4-16-33/h8-15,26H,16-18,33H2,1-3H3,(H,34,39)/t26-/m0/s1. The Hall–Kier alpha value is -4.21. The molecule has 3 N–H and O–H groups in total. The monoisotopic (exact) mass is 566 g/mol. The highest BCUT2D eigenvalue weighted by Gasteiger charge is 2.32. The second-order valence-electron chi connectivity index (χ2n) is 9.27. The Kier molecular flexibility index (Phi) is 8.14. The van der Waals surface area contributed by atoms with Gasteiger partial charge in [-0.3, -0.25) is 14.4 Å². The molecule has 0 bridgehead atoms. The molecule has 0 saturated carbocycles. The number of amides is 1. The summed E-state index contributed by atoms with van der Waals surface area (Å²) in [7, 11) is 0. The van der Waals surface area contributed by atoms with Gasteiger partial charge in [-0.2, -0.15) is 0 Å². The minimum atomic E-state index is -0.527. The van der Waals surface area contributed by atoms with E-state index < -0.39 is 6.04 Å². The summed E-state index contributed by atoms with van der Waals surface area (Å²) in [4.78, 5) is 19.4. The fourth-order valence-electron chi connectivity index (χ4n) is 4.46. The molecule has 0 saturated heterocycles. The molecule has 1 aliphatic rings. The van der Waals surface area contributed by atoms with Crippen molar-refractivity contribution in [3.8, 4) is 28.7 Å². The summed E-state index contributed by atoms with van der Waals surface area (Å²) in [5.41, 5.74) is 11.1. The number of nitrogens with two attached hydrogens (primary N) is 1. The number of thiophene rings is 1. The number of aliphatic imine (C=N–C) groups is 1. The maximum absolute atomic E-state index is 13.1. The van der Waals surface area contributed by atoms with Crippen molar-refractivity contribution in [2.24, 2.45) is 10.7 Å². The predicted octanol–water partition coefficient (Wildman–Crippen LogP) is 4.67. The van der Waals surface area contributed by atoms with Crippen molar-refractivity contribution in [1.82, 2.24) is 20.1 Å². The number of nitrogens with one attached hydrogen (secondary N) is 1. The number of carbonyl (C=O) groups is 1. The van der Waals surface area contributed by atoms with Crippen molar-refractivity contribution in [3.63, 3.8) is 0 Å². The van der Waals surface area contributed by atoms with Gasteiger partial charge in [-0.25, -0.2) is 0 Å². The van der Waals surface area contributed by atoms with E-state index in [0.717, 1.165) is 44.4 Å². The van der Waals surface area contributed by atoms with Gasteiger partial charge < -0.3 is 11.1 Å². The van der Waals surface area contributed by atoms with E-state index in [1.54, 1.807) is 11.3 Å². The first-order valence-corrected chi connectivity index (χ1v) is 14.0. The molecule has 200 valence electrons. The number of aromatic nitrogens is 3. The number of nitrogens with zero attached hydrogens (tertiary/aromatic N) is 4. The van der Waals surface area contributed by atoms with Crippen LogP contribution in [0, 0.1) is 44.5 Å². The molecule has 0 spiro atoms. The van der Waals surface area contributed by atoms with Crippen LogP contribution in [-0.4, -0.2) is 39.5 Å². The number of hydrogen-bond acceptors (Lipinski definition) is 6. The summed E-state index contributed by atoms with van der Waals surface area (Å²) < 4.78 is 2.03. The van der Waals surface area contributed by atoms with Gasteiger partial charge >= 0.3 is 0 Å². The van der Waals surface area contributed by atoms with Gasteiger partial charge in [0.25, 0.3) is 0 Å². The quantitative estimate of drug-likeness (QED) is 0.351. The SMILES string of the molecule is Cc1sc2c(c1C)C(c1ccc(Cl)cc1)=N[C@@H](CC(=O)NCC#Cc1ccc(C#CCN)cc1)c1nnc(C)n1-2. The lowest BCUT2D eigenvalue weighted by molar-refractivity contribution is -0.121. The lowest BCUT2D eigenvalue weighted by atomic mass is 9.99. The van der Waals surface area contributed by atoms with E-state index in [2.05, 4.69) is 53.0 Å². The van der Waals surface area contributed by atoms with E-state index in [4.69, 9.17) is 22.3 Å².